The number of anilines is 1. The molecule has 2 aromatic rings. The Labute approximate surface area is 154 Å². The summed E-state index contributed by atoms with van der Waals surface area (Å²) in [6, 6.07) is 13.4. The molecular weight excluding hydrogens is 328 g/mol. The van der Waals surface area contributed by atoms with Gasteiger partial charge in [-0.25, -0.2) is 0 Å². The van der Waals surface area contributed by atoms with E-state index in [0.717, 1.165) is 36.1 Å². The van der Waals surface area contributed by atoms with E-state index in [9.17, 15) is 9.90 Å². The molecule has 0 saturated heterocycles. The maximum atomic E-state index is 12.1. The zero-order chi connectivity index (χ0) is 18.4. The third-order valence-corrected chi connectivity index (χ3v) is 4.70. The summed E-state index contributed by atoms with van der Waals surface area (Å²) >= 11 is 0. The predicted molar refractivity (Wildman–Crippen MR) is 102 cm³/mol. The molecule has 3 N–H and O–H groups in total. The van der Waals surface area contributed by atoms with E-state index in [4.69, 9.17) is 4.74 Å². The van der Waals surface area contributed by atoms with Crippen molar-refractivity contribution in [1.82, 2.24) is 5.32 Å². The molecule has 0 radical (unpaired) electrons. The Balaban J connectivity index is 1.54. The Bertz CT molecular complexity index is 757. The van der Waals surface area contributed by atoms with Gasteiger partial charge in [-0.05, 0) is 43.5 Å². The zero-order valence-corrected chi connectivity index (χ0v) is 15.1. The second-order valence-corrected chi connectivity index (χ2v) is 6.62. The SMILES string of the molecule is CCOc1cccc(CNCc2cccc(NC(=O)C3CCC3)c2)c1O. The zero-order valence-electron chi connectivity index (χ0n) is 15.1. The molecule has 0 atom stereocenters. The summed E-state index contributed by atoms with van der Waals surface area (Å²) in [5.74, 6) is 0.993. The van der Waals surface area contributed by atoms with E-state index >= 15 is 0 Å². The number of rotatable bonds is 8. The number of aromatic hydroxyl groups is 1. The molecule has 0 unspecified atom stereocenters. The summed E-state index contributed by atoms with van der Waals surface area (Å²) in [6.07, 6.45) is 3.15. The maximum absolute atomic E-state index is 12.1. The van der Waals surface area contributed by atoms with Gasteiger partial charge in [-0.1, -0.05) is 30.7 Å². The third kappa shape index (κ3) is 4.55. The van der Waals surface area contributed by atoms with Gasteiger partial charge in [-0.15, -0.1) is 0 Å². The monoisotopic (exact) mass is 354 g/mol. The Hall–Kier alpha value is -2.53. The summed E-state index contributed by atoms with van der Waals surface area (Å²) in [4.78, 5) is 12.1. The van der Waals surface area contributed by atoms with E-state index in [1.54, 1.807) is 6.07 Å². The van der Waals surface area contributed by atoms with E-state index in [1.165, 1.54) is 0 Å². The lowest BCUT2D eigenvalue weighted by Crippen LogP contribution is -2.28. The molecular formula is C21H26N2O3. The fraction of sp³-hybridized carbons (Fsp3) is 0.381. The smallest absolute Gasteiger partial charge is 0.227 e. The van der Waals surface area contributed by atoms with Crippen molar-refractivity contribution in [3.63, 3.8) is 0 Å². The Morgan fingerprint density at radius 3 is 2.73 bits per heavy atom. The highest BCUT2D eigenvalue weighted by Gasteiger charge is 2.25. The second kappa shape index (κ2) is 8.72. The van der Waals surface area contributed by atoms with Crippen molar-refractivity contribution in [2.75, 3.05) is 11.9 Å². The number of amides is 1. The molecule has 0 bridgehead atoms. The second-order valence-electron chi connectivity index (χ2n) is 6.62. The van der Waals surface area contributed by atoms with Gasteiger partial charge in [0, 0.05) is 30.3 Å². The fourth-order valence-electron chi connectivity index (χ4n) is 3.00. The van der Waals surface area contributed by atoms with E-state index in [2.05, 4.69) is 10.6 Å². The standard InChI is InChI=1S/C21H26N2O3/c1-2-26-19-11-5-9-17(20(19)24)14-22-13-15-6-3-10-18(12-15)23-21(25)16-7-4-8-16/h3,5-6,9-12,16,22,24H,2,4,7-8,13-14H2,1H3,(H,23,25). The number of phenolic OH excluding ortho intramolecular Hbond substituents is 1. The van der Waals surface area contributed by atoms with Gasteiger partial charge in [-0.2, -0.15) is 0 Å². The molecule has 1 aliphatic carbocycles. The van der Waals surface area contributed by atoms with Crippen LogP contribution in [-0.4, -0.2) is 17.6 Å². The number of carbonyl (C=O) groups is 1. The van der Waals surface area contributed by atoms with Crippen molar-refractivity contribution in [2.24, 2.45) is 5.92 Å². The number of benzene rings is 2. The van der Waals surface area contributed by atoms with Crippen molar-refractivity contribution in [3.8, 4) is 11.5 Å². The Morgan fingerprint density at radius 1 is 1.19 bits per heavy atom. The molecule has 5 heteroatoms. The van der Waals surface area contributed by atoms with Crippen LogP contribution in [-0.2, 0) is 17.9 Å². The largest absolute Gasteiger partial charge is 0.504 e. The first kappa shape index (κ1) is 18.3. The first-order valence-electron chi connectivity index (χ1n) is 9.21. The summed E-state index contributed by atoms with van der Waals surface area (Å²) < 4.78 is 5.41. The van der Waals surface area contributed by atoms with Gasteiger partial charge in [0.2, 0.25) is 5.91 Å². The van der Waals surface area contributed by atoms with E-state index in [0.29, 0.717) is 25.4 Å². The van der Waals surface area contributed by atoms with Crippen LogP contribution in [0.4, 0.5) is 5.69 Å². The molecule has 0 aromatic heterocycles. The molecule has 1 saturated carbocycles. The molecule has 1 aliphatic rings. The van der Waals surface area contributed by atoms with Gasteiger partial charge in [0.15, 0.2) is 11.5 Å². The highest BCUT2D eigenvalue weighted by Crippen LogP contribution is 2.30. The molecule has 26 heavy (non-hydrogen) atoms. The minimum Gasteiger partial charge on any atom is -0.504 e. The lowest BCUT2D eigenvalue weighted by Gasteiger charge is -2.24. The van der Waals surface area contributed by atoms with E-state index < -0.39 is 0 Å². The van der Waals surface area contributed by atoms with Crippen LogP contribution in [0.5, 0.6) is 11.5 Å². The van der Waals surface area contributed by atoms with Crippen LogP contribution in [0.3, 0.4) is 0 Å². The first-order chi connectivity index (χ1) is 12.7. The summed E-state index contributed by atoms with van der Waals surface area (Å²) in [6.45, 7) is 3.59. The van der Waals surface area contributed by atoms with Crippen LogP contribution in [0.25, 0.3) is 0 Å². The minimum atomic E-state index is 0.124. The molecule has 0 spiro atoms. The van der Waals surface area contributed by atoms with Crippen molar-refractivity contribution < 1.29 is 14.6 Å². The number of para-hydroxylation sites is 1. The molecule has 5 nitrogen and oxygen atoms in total. The number of ether oxygens (including phenoxy) is 1. The number of phenols is 1. The molecule has 2 aromatic carbocycles. The first-order valence-corrected chi connectivity index (χ1v) is 9.21. The molecule has 0 aliphatic heterocycles. The van der Waals surface area contributed by atoms with E-state index in [1.807, 2.05) is 43.3 Å². The van der Waals surface area contributed by atoms with Crippen LogP contribution >= 0.6 is 0 Å². The van der Waals surface area contributed by atoms with E-state index in [-0.39, 0.29) is 17.6 Å². The van der Waals surface area contributed by atoms with Gasteiger partial charge in [0.1, 0.15) is 0 Å². The van der Waals surface area contributed by atoms with Crippen LogP contribution in [0.1, 0.15) is 37.3 Å². The molecule has 0 heterocycles. The van der Waals surface area contributed by atoms with Crippen molar-refractivity contribution >= 4 is 11.6 Å². The maximum Gasteiger partial charge on any atom is 0.227 e. The van der Waals surface area contributed by atoms with Gasteiger partial charge < -0.3 is 20.5 Å². The topological polar surface area (TPSA) is 70.6 Å². The average molecular weight is 354 g/mol. The van der Waals surface area contributed by atoms with Crippen molar-refractivity contribution in [2.45, 2.75) is 39.3 Å². The van der Waals surface area contributed by atoms with Crippen molar-refractivity contribution in [3.05, 3.63) is 53.6 Å². The minimum absolute atomic E-state index is 0.124. The molecule has 1 fully saturated rings. The molecule has 138 valence electrons. The fourth-order valence-corrected chi connectivity index (χ4v) is 3.00. The average Bonchev–Trinajstić information content (AvgIpc) is 2.57. The lowest BCUT2D eigenvalue weighted by atomic mass is 9.85. The van der Waals surface area contributed by atoms with Crippen LogP contribution < -0.4 is 15.4 Å². The van der Waals surface area contributed by atoms with Gasteiger partial charge in [0.05, 0.1) is 6.61 Å². The number of hydrogen-bond acceptors (Lipinski definition) is 4. The summed E-state index contributed by atoms with van der Waals surface area (Å²) in [7, 11) is 0. The number of hydrogen-bond donors (Lipinski definition) is 3. The number of carbonyl (C=O) groups excluding carboxylic acids is 1. The summed E-state index contributed by atoms with van der Waals surface area (Å²) in [5.41, 5.74) is 2.71. The number of nitrogens with one attached hydrogen (secondary N) is 2. The van der Waals surface area contributed by atoms with Gasteiger partial charge >= 0.3 is 0 Å². The Morgan fingerprint density at radius 2 is 2.00 bits per heavy atom. The predicted octanol–water partition coefficient (Wildman–Crippen LogP) is 3.82. The highest BCUT2D eigenvalue weighted by atomic mass is 16.5. The molecule has 3 rings (SSSR count). The quantitative estimate of drug-likeness (QED) is 0.674. The van der Waals surface area contributed by atoms with Gasteiger partial charge in [-0.3, -0.25) is 4.79 Å². The van der Waals surface area contributed by atoms with Crippen LogP contribution in [0, 0.1) is 5.92 Å². The normalized spacial score (nSPS) is 13.9. The summed E-state index contributed by atoms with van der Waals surface area (Å²) in [5, 5.41) is 16.6. The molecule has 1 amide bonds. The highest BCUT2D eigenvalue weighted by molar-refractivity contribution is 5.93. The lowest BCUT2D eigenvalue weighted by molar-refractivity contribution is -0.122. The van der Waals surface area contributed by atoms with Crippen molar-refractivity contribution in [1.29, 1.82) is 0 Å². The third-order valence-electron chi connectivity index (χ3n) is 4.70. The van der Waals surface area contributed by atoms with Crippen LogP contribution in [0.2, 0.25) is 0 Å². The van der Waals surface area contributed by atoms with Crippen LogP contribution in [0.15, 0.2) is 42.5 Å². The Kier molecular flexibility index (Phi) is 6.12. The van der Waals surface area contributed by atoms with Gasteiger partial charge in [0.25, 0.3) is 0 Å².